The average Bonchev–Trinajstić information content (AvgIpc) is 2.01. The molecule has 14 heavy (non-hydrogen) atoms. The third-order valence-corrected chi connectivity index (χ3v) is 2.38. The summed E-state index contributed by atoms with van der Waals surface area (Å²) >= 11 is 6.53. The largest absolute Gasteiger partial charge is 0.434 e. The molecule has 0 saturated carbocycles. The molecule has 2 nitrogen and oxygen atoms in total. The lowest BCUT2D eigenvalue weighted by molar-refractivity contribution is -0.141. The summed E-state index contributed by atoms with van der Waals surface area (Å²) in [6.07, 6.45) is -3.70. The zero-order valence-electron chi connectivity index (χ0n) is 6.40. The molecule has 0 fully saturated rings. The molecule has 0 amide bonds. The fourth-order valence-electron chi connectivity index (χ4n) is 0.754. The van der Waals surface area contributed by atoms with E-state index in [2.05, 4.69) is 4.98 Å². The maximum absolute atomic E-state index is 12.2. The van der Waals surface area contributed by atoms with Gasteiger partial charge in [-0.1, -0.05) is 0 Å². The van der Waals surface area contributed by atoms with E-state index in [1.807, 2.05) is 0 Å². The van der Waals surface area contributed by atoms with Gasteiger partial charge in [0.25, 0.3) is 5.24 Å². The van der Waals surface area contributed by atoms with Gasteiger partial charge in [-0.2, -0.15) is 13.2 Å². The minimum Gasteiger partial charge on any atom is -0.276 e. The molecule has 76 valence electrons. The van der Waals surface area contributed by atoms with Gasteiger partial charge in [0.1, 0.15) is 0 Å². The Morgan fingerprint density at radius 2 is 2.07 bits per heavy atom. The van der Waals surface area contributed by atoms with E-state index < -0.39 is 17.1 Å². The number of hydrogen-bond acceptors (Lipinski definition) is 2. The van der Waals surface area contributed by atoms with Crippen LogP contribution in [0.1, 0.15) is 16.1 Å². The van der Waals surface area contributed by atoms with Crippen molar-refractivity contribution < 1.29 is 18.0 Å². The van der Waals surface area contributed by atoms with Crippen molar-refractivity contribution in [3.05, 3.63) is 27.1 Å². The molecule has 0 unspecified atom stereocenters. The van der Waals surface area contributed by atoms with Crippen molar-refractivity contribution in [3.63, 3.8) is 0 Å². The molecule has 0 saturated heterocycles. The highest BCUT2D eigenvalue weighted by molar-refractivity contribution is 14.1. The molecule has 0 N–H and O–H groups in total. The predicted molar refractivity (Wildman–Crippen MR) is 52.1 cm³/mol. The number of alkyl halides is 3. The molecule has 0 bridgehead atoms. The summed E-state index contributed by atoms with van der Waals surface area (Å²) in [4.78, 5) is 13.7. The number of carbonyl (C=O) groups excluding carboxylic acids is 1. The van der Waals surface area contributed by atoms with Crippen molar-refractivity contribution in [2.24, 2.45) is 0 Å². The molecule has 0 atom stereocenters. The fraction of sp³-hybridized carbons (Fsp3) is 0.143. The van der Waals surface area contributed by atoms with E-state index >= 15 is 0 Å². The Balaban J connectivity index is 3.21. The topological polar surface area (TPSA) is 30.0 Å². The monoisotopic (exact) mass is 335 g/mol. The number of nitrogens with zero attached hydrogens (tertiary/aromatic N) is 1. The number of hydrogen-bond donors (Lipinski definition) is 0. The van der Waals surface area contributed by atoms with E-state index in [-0.39, 0.29) is 9.13 Å². The van der Waals surface area contributed by atoms with E-state index in [1.54, 1.807) is 0 Å². The lowest BCUT2D eigenvalue weighted by Crippen LogP contribution is -2.11. The van der Waals surface area contributed by atoms with Crippen LogP contribution in [0.15, 0.2) is 12.3 Å². The summed E-state index contributed by atoms with van der Waals surface area (Å²) in [7, 11) is 0. The van der Waals surface area contributed by atoms with Crippen molar-refractivity contribution in [1.29, 1.82) is 0 Å². The van der Waals surface area contributed by atoms with Crippen LogP contribution in [0.2, 0.25) is 0 Å². The van der Waals surface area contributed by atoms with Gasteiger partial charge >= 0.3 is 6.18 Å². The van der Waals surface area contributed by atoms with Crippen molar-refractivity contribution in [1.82, 2.24) is 4.98 Å². The molecule has 0 aromatic carbocycles. The van der Waals surface area contributed by atoms with Gasteiger partial charge in [-0.25, -0.2) is 4.98 Å². The highest BCUT2D eigenvalue weighted by Crippen LogP contribution is 2.31. The second kappa shape index (κ2) is 4.01. The van der Waals surface area contributed by atoms with E-state index in [0.717, 1.165) is 12.3 Å². The minimum absolute atomic E-state index is 0.0518. The molecule has 7 heteroatoms. The van der Waals surface area contributed by atoms with Gasteiger partial charge in [0.15, 0.2) is 5.69 Å². The first kappa shape index (κ1) is 11.7. The number of halogens is 5. The van der Waals surface area contributed by atoms with Crippen molar-refractivity contribution >= 4 is 39.4 Å². The van der Waals surface area contributed by atoms with Crippen LogP contribution in [0.5, 0.6) is 0 Å². The third kappa shape index (κ3) is 2.57. The maximum Gasteiger partial charge on any atom is 0.434 e. The van der Waals surface area contributed by atoms with Crippen LogP contribution in [-0.4, -0.2) is 10.2 Å². The zero-order valence-corrected chi connectivity index (χ0v) is 9.31. The molecule has 1 rings (SSSR count). The van der Waals surface area contributed by atoms with Crippen LogP contribution in [0, 0.1) is 3.57 Å². The fourth-order valence-corrected chi connectivity index (χ4v) is 1.64. The van der Waals surface area contributed by atoms with Crippen molar-refractivity contribution in [3.8, 4) is 0 Å². The van der Waals surface area contributed by atoms with Crippen LogP contribution in [0.4, 0.5) is 13.2 Å². The van der Waals surface area contributed by atoms with Gasteiger partial charge in [-0.05, 0) is 40.3 Å². The predicted octanol–water partition coefficient (Wildman–Crippen LogP) is 3.08. The SMILES string of the molecule is O=C(Cl)c1cnc(C(F)(F)F)c(I)c1. The molecule has 1 aromatic heterocycles. The summed E-state index contributed by atoms with van der Waals surface area (Å²) in [5.41, 5.74) is -1.07. The highest BCUT2D eigenvalue weighted by Gasteiger charge is 2.35. The third-order valence-electron chi connectivity index (χ3n) is 1.34. The first-order valence-electron chi connectivity index (χ1n) is 3.25. The smallest absolute Gasteiger partial charge is 0.276 e. The first-order chi connectivity index (χ1) is 6.32. The Labute approximate surface area is 95.6 Å². The summed E-state index contributed by atoms with van der Waals surface area (Å²) in [6.45, 7) is 0. The summed E-state index contributed by atoms with van der Waals surface area (Å²) in [5.74, 6) is 0. The molecule has 0 spiro atoms. The lowest BCUT2D eigenvalue weighted by atomic mass is 10.2. The Bertz CT molecular complexity index is 380. The van der Waals surface area contributed by atoms with Gasteiger partial charge in [0, 0.05) is 9.77 Å². The zero-order chi connectivity index (χ0) is 10.9. The summed E-state index contributed by atoms with van der Waals surface area (Å²) in [6, 6.07) is 1.05. The number of aromatic nitrogens is 1. The maximum atomic E-state index is 12.2. The number of rotatable bonds is 1. The van der Waals surface area contributed by atoms with E-state index in [9.17, 15) is 18.0 Å². The molecule has 0 aliphatic rings. The molecule has 1 heterocycles. The van der Waals surface area contributed by atoms with Crippen LogP contribution in [0.25, 0.3) is 0 Å². The van der Waals surface area contributed by atoms with Gasteiger partial charge in [0.2, 0.25) is 0 Å². The highest BCUT2D eigenvalue weighted by atomic mass is 127. The standard InChI is InChI=1S/C7H2ClF3INO/c8-6(14)3-1-4(12)5(13-2-3)7(9,10)11/h1-2H. The molecule has 1 aromatic rings. The molecular formula is C7H2ClF3INO. The molecule has 0 aliphatic carbocycles. The van der Waals surface area contributed by atoms with E-state index in [1.165, 1.54) is 22.6 Å². The van der Waals surface area contributed by atoms with E-state index in [0.29, 0.717) is 0 Å². The Morgan fingerprint density at radius 3 is 2.43 bits per heavy atom. The number of pyridine rings is 1. The second-order valence-corrected chi connectivity index (χ2v) is 3.83. The van der Waals surface area contributed by atoms with E-state index in [4.69, 9.17) is 11.6 Å². The van der Waals surface area contributed by atoms with Gasteiger partial charge < -0.3 is 0 Å². The minimum atomic E-state index is -4.51. The molecule has 0 aliphatic heterocycles. The van der Waals surface area contributed by atoms with Crippen LogP contribution >= 0.6 is 34.2 Å². The quantitative estimate of drug-likeness (QED) is 0.583. The van der Waals surface area contributed by atoms with Gasteiger partial charge in [-0.15, -0.1) is 0 Å². The van der Waals surface area contributed by atoms with Crippen LogP contribution < -0.4 is 0 Å². The van der Waals surface area contributed by atoms with Gasteiger partial charge in [-0.3, -0.25) is 4.79 Å². The Morgan fingerprint density at radius 1 is 1.50 bits per heavy atom. The van der Waals surface area contributed by atoms with Crippen LogP contribution in [-0.2, 0) is 6.18 Å². The summed E-state index contributed by atoms with van der Waals surface area (Å²) in [5, 5.41) is -0.829. The first-order valence-corrected chi connectivity index (χ1v) is 4.70. The van der Waals surface area contributed by atoms with Gasteiger partial charge in [0.05, 0.1) is 5.56 Å². The average molecular weight is 335 g/mol. The van der Waals surface area contributed by atoms with Crippen molar-refractivity contribution in [2.75, 3.05) is 0 Å². The van der Waals surface area contributed by atoms with Crippen molar-refractivity contribution in [2.45, 2.75) is 6.18 Å². The molecule has 0 radical (unpaired) electrons. The Hall–Kier alpha value is -0.370. The van der Waals surface area contributed by atoms with Crippen LogP contribution in [0.3, 0.4) is 0 Å². The second-order valence-electron chi connectivity index (χ2n) is 2.33. The number of carbonyl (C=O) groups is 1. The lowest BCUT2D eigenvalue weighted by Gasteiger charge is -2.07. The Kier molecular flexibility index (Phi) is 3.36. The summed E-state index contributed by atoms with van der Waals surface area (Å²) < 4.78 is 36.4. The molecular weight excluding hydrogens is 333 g/mol. The normalized spacial score (nSPS) is 11.5.